The molecule has 5 heteroatoms. The Labute approximate surface area is 139 Å². The average Bonchev–Trinajstić information content (AvgIpc) is 2.95. The van der Waals surface area contributed by atoms with Crippen molar-refractivity contribution in [3.63, 3.8) is 0 Å². The summed E-state index contributed by atoms with van der Waals surface area (Å²) in [6.07, 6.45) is 2.70. The highest BCUT2D eigenvalue weighted by Gasteiger charge is 2.23. The van der Waals surface area contributed by atoms with Crippen LogP contribution in [0.25, 0.3) is 0 Å². The Bertz CT molecular complexity index is 505. The van der Waals surface area contributed by atoms with Gasteiger partial charge in [-0.2, -0.15) is 0 Å². The van der Waals surface area contributed by atoms with Crippen molar-refractivity contribution < 1.29 is 9.53 Å². The van der Waals surface area contributed by atoms with Gasteiger partial charge in [-0.3, -0.25) is 0 Å². The highest BCUT2D eigenvalue weighted by Crippen LogP contribution is 2.19. The Hall–Kier alpha value is -1.75. The number of urea groups is 1. The molecule has 1 fully saturated rings. The van der Waals surface area contributed by atoms with Gasteiger partial charge in [0.15, 0.2) is 0 Å². The molecule has 0 spiro atoms. The lowest BCUT2D eigenvalue weighted by Gasteiger charge is -2.17. The summed E-state index contributed by atoms with van der Waals surface area (Å²) in [7, 11) is 0. The summed E-state index contributed by atoms with van der Waals surface area (Å²) in [6, 6.07) is 8.15. The van der Waals surface area contributed by atoms with Gasteiger partial charge < -0.3 is 20.7 Å². The third-order valence-electron chi connectivity index (χ3n) is 4.11. The summed E-state index contributed by atoms with van der Waals surface area (Å²) in [4.78, 5) is 13.8. The van der Waals surface area contributed by atoms with Gasteiger partial charge >= 0.3 is 6.03 Å². The Morgan fingerprint density at radius 1 is 1.43 bits per heavy atom. The molecule has 0 radical (unpaired) electrons. The van der Waals surface area contributed by atoms with Crippen LogP contribution in [0.4, 0.5) is 4.79 Å². The number of carbonyl (C=O) groups is 1. The molecule has 5 nitrogen and oxygen atoms in total. The highest BCUT2D eigenvalue weighted by atomic mass is 16.5. The standard InChI is InChI=1S/C18H29N3O2/c1-14(2)9-12-23-17-6-4-3-5-15(17)7-10-20-18(22)21-11-8-16(19)13-21/h3-6,14,16H,7-13,19H2,1-2H3,(H,20,22)/t16-/m0/s1. The maximum absolute atomic E-state index is 12.0. The van der Waals surface area contributed by atoms with E-state index in [2.05, 4.69) is 25.2 Å². The Morgan fingerprint density at radius 2 is 2.22 bits per heavy atom. The first-order valence-electron chi connectivity index (χ1n) is 8.55. The van der Waals surface area contributed by atoms with E-state index in [0.29, 0.717) is 19.0 Å². The molecule has 1 aromatic rings. The molecule has 0 saturated carbocycles. The molecular weight excluding hydrogens is 290 g/mol. The third-order valence-corrected chi connectivity index (χ3v) is 4.11. The average molecular weight is 319 g/mol. The predicted octanol–water partition coefficient (Wildman–Crippen LogP) is 2.40. The van der Waals surface area contributed by atoms with E-state index in [4.69, 9.17) is 10.5 Å². The number of nitrogens with one attached hydrogen (secondary N) is 1. The summed E-state index contributed by atoms with van der Waals surface area (Å²) in [6.45, 7) is 7.12. The van der Waals surface area contributed by atoms with Crippen LogP contribution in [0, 0.1) is 5.92 Å². The minimum atomic E-state index is -0.0174. The van der Waals surface area contributed by atoms with Crippen LogP contribution in [0.15, 0.2) is 24.3 Å². The lowest BCUT2D eigenvalue weighted by molar-refractivity contribution is 0.208. The van der Waals surface area contributed by atoms with Crippen molar-refractivity contribution in [1.29, 1.82) is 0 Å². The summed E-state index contributed by atoms with van der Waals surface area (Å²) in [5.41, 5.74) is 6.97. The van der Waals surface area contributed by atoms with Crippen LogP contribution in [0.3, 0.4) is 0 Å². The van der Waals surface area contributed by atoms with Crippen LogP contribution in [-0.4, -0.2) is 43.2 Å². The minimum absolute atomic E-state index is 0.0174. The molecule has 0 bridgehead atoms. The molecule has 23 heavy (non-hydrogen) atoms. The van der Waals surface area contributed by atoms with Crippen LogP contribution in [0.2, 0.25) is 0 Å². The van der Waals surface area contributed by atoms with E-state index in [0.717, 1.165) is 43.7 Å². The lowest BCUT2D eigenvalue weighted by atomic mass is 10.1. The van der Waals surface area contributed by atoms with E-state index in [-0.39, 0.29) is 12.1 Å². The van der Waals surface area contributed by atoms with Crippen LogP contribution in [-0.2, 0) is 6.42 Å². The second kappa shape index (κ2) is 8.77. The minimum Gasteiger partial charge on any atom is -0.493 e. The number of ether oxygens (including phenoxy) is 1. The lowest BCUT2D eigenvalue weighted by Crippen LogP contribution is -2.40. The number of carbonyl (C=O) groups excluding carboxylic acids is 1. The molecule has 1 aliphatic rings. The maximum Gasteiger partial charge on any atom is 0.317 e. The van der Waals surface area contributed by atoms with Gasteiger partial charge in [-0.1, -0.05) is 32.0 Å². The Kier molecular flexibility index (Phi) is 6.71. The molecule has 1 aliphatic heterocycles. The number of hydrogen-bond acceptors (Lipinski definition) is 3. The first-order valence-corrected chi connectivity index (χ1v) is 8.55. The van der Waals surface area contributed by atoms with E-state index in [1.807, 2.05) is 18.2 Å². The number of nitrogens with zero attached hydrogens (tertiary/aromatic N) is 1. The molecule has 1 heterocycles. The number of para-hydroxylation sites is 1. The molecule has 2 rings (SSSR count). The summed E-state index contributed by atoms with van der Waals surface area (Å²) in [5, 5.41) is 2.97. The second-order valence-electron chi connectivity index (χ2n) is 6.62. The van der Waals surface area contributed by atoms with Crippen molar-refractivity contribution in [3.8, 4) is 5.75 Å². The quantitative estimate of drug-likeness (QED) is 0.811. The zero-order chi connectivity index (χ0) is 16.7. The van der Waals surface area contributed by atoms with Gasteiger partial charge in [0.25, 0.3) is 0 Å². The SMILES string of the molecule is CC(C)CCOc1ccccc1CCNC(=O)N1CC[C@H](N)C1. The third kappa shape index (κ3) is 5.75. The maximum atomic E-state index is 12.0. The van der Waals surface area contributed by atoms with E-state index >= 15 is 0 Å². The molecule has 0 unspecified atom stereocenters. The predicted molar refractivity (Wildman–Crippen MR) is 92.7 cm³/mol. The monoisotopic (exact) mass is 319 g/mol. The van der Waals surface area contributed by atoms with Gasteiger partial charge in [-0.05, 0) is 36.8 Å². The smallest absolute Gasteiger partial charge is 0.317 e. The van der Waals surface area contributed by atoms with Gasteiger partial charge in [-0.15, -0.1) is 0 Å². The zero-order valence-electron chi connectivity index (χ0n) is 14.3. The summed E-state index contributed by atoms with van der Waals surface area (Å²) >= 11 is 0. The molecule has 1 saturated heterocycles. The van der Waals surface area contributed by atoms with Crippen molar-refractivity contribution in [3.05, 3.63) is 29.8 Å². The molecule has 0 aliphatic carbocycles. The van der Waals surface area contributed by atoms with Crippen molar-refractivity contribution in [2.45, 2.75) is 39.2 Å². The van der Waals surface area contributed by atoms with E-state index in [9.17, 15) is 4.79 Å². The molecule has 1 aromatic carbocycles. The first-order chi connectivity index (χ1) is 11.1. The topological polar surface area (TPSA) is 67.6 Å². The van der Waals surface area contributed by atoms with E-state index in [1.54, 1.807) is 4.90 Å². The fraction of sp³-hybridized carbons (Fsp3) is 0.611. The first kappa shape index (κ1) is 17.6. The fourth-order valence-corrected chi connectivity index (χ4v) is 2.64. The van der Waals surface area contributed by atoms with Gasteiger partial charge in [0.1, 0.15) is 5.75 Å². The van der Waals surface area contributed by atoms with Crippen molar-refractivity contribution in [2.24, 2.45) is 11.7 Å². The number of likely N-dealkylation sites (tertiary alicyclic amines) is 1. The Morgan fingerprint density at radius 3 is 2.91 bits per heavy atom. The fourth-order valence-electron chi connectivity index (χ4n) is 2.64. The zero-order valence-corrected chi connectivity index (χ0v) is 14.3. The number of rotatable bonds is 7. The van der Waals surface area contributed by atoms with Gasteiger partial charge in [-0.25, -0.2) is 4.79 Å². The van der Waals surface area contributed by atoms with E-state index < -0.39 is 0 Å². The second-order valence-corrected chi connectivity index (χ2v) is 6.62. The van der Waals surface area contributed by atoms with Gasteiger partial charge in [0.2, 0.25) is 0 Å². The highest BCUT2D eigenvalue weighted by molar-refractivity contribution is 5.74. The number of hydrogen-bond donors (Lipinski definition) is 2. The van der Waals surface area contributed by atoms with Crippen molar-refractivity contribution >= 4 is 6.03 Å². The normalized spacial score (nSPS) is 17.6. The van der Waals surface area contributed by atoms with Gasteiger partial charge in [0.05, 0.1) is 6.61 Å². The van der Waals surface area contributed by atoms with Crippen molar-refractivity contribution in [1.82, 2.24) is 10.2 Å². The van der Waals surface area contributed by atoms with Crippen LogP contribution >= 0.6 is 0 Å². The van der Waals surface area contributed by atoms with Crippen LogP contribution in [0.1, 0.15) is 32.3 Å². The van der Waals surface area contributed by atoms with Crippen molar-refractivity contribution in [2.75, 3.05) is 26.2 Å². The summed E-state index contributed by atoms with van der Waals surface area (Å²) in [5.74, 6) is 1.55. The molecule has 1 atom stereocenters. The van der Waals surface area contributed by atoms with E-state index in [1.165, 1.54) is 0 Å². The summed E-state index contributed by atoms with van der Waals surface area (Å²) < 4.78 is 5.88. The molecule has 128 valence electrons. The van der Waals surface area contributed by atoms with Gasteiger partial charge in [0, 0.05) is 25.7 Å². The largest absolute Gasteiger partial charge is 0.493 e. The number of nitrogens with two attached hydrogens (primary N) is 1. The Balaban J connectivity index is 1.77. The molecule has 0 aromatic heterocycles. The molecular formula is C18H29N3O2. The number of amides is 2. The number of benzene rings is 1. The molecule has 2 amide bonds. The molecule has 3 N–H and O–H groups in total. The van der Waals surface area contributed by atoms with Crippen LogP contribution in [0.5, 0.6) is 5.75 Å². The van der Waals surface area contributed by atoms with Crippen LogP contribution < -0.4 is 15.8 Å².